The number of fused-ring (bicyclic) bond motifs is 2. The quantitative estimate of drug-likeness (QED) is 0.0283. The molecule has 23 heteroatoms. The van der Waals surface area contributed by atoms with Gasteiger partial charge in [0.05, 0.1) is 0 Å². The van der Waals surface area contributed by atoms with Crippen molar-refractivity contribution in [1.82, 2.24) is 0 Å². The standard InChI is InChI=1S/C27H20NO.C24BF20/c29-27(21-14-16-28(17-15-21)19-20-8-2-1-3-9-20)26-24-12-6-4-10-22(24)18-23-11-5-7-13-25(23)26;26-5-1(6(27)14(35)21(42)13(5)34)25(2-7(28)15(36)22(43)16(37)8(2)29,3-9(30)17(38)23(44)18(39)10(3)31)4-11(32)19(40)24(45)20(41)12(4)33/h1-18H,19H2;/q+1;-1. The molecule has 0 saturated carbocycles. The van der Waals surface area contributed by atoms with Crippen molar-refractivity contribution in [2.24, 2.45) is 0 Å². The third-order valence-electron chi connectivity index (χ3n) is 12.1. The summed E-state index contributed by atoms with van der Waals surface area (Å²) in [7, 11) is 0. The van der Waals surface area contributed by atoms with Gasteiger partial charge in [0.25, 0.3) is 0 Å². The van der Waals surface area contributed by atoms with Crippen LogP contribution in [0.2, 0.25) is 0 Å². The lowest BCUT2D eigenvalue weighted by atomic mass is 9.12. The summed E-state index contributed by atoms with van der Waals surface area (Å²) in [6, 6.07) is 32.5. The minimum absolute atomic E-state index is 0.0601. The fourth-order valence-electron chi connectivity index (χ4n) is 8.79. The summed E-state index contributed by atoms with van der Waals surface area (Å²) in [5.41, 5.74) is -11.6. The van der Waals surface area contributed by atoms with Crippen molar-refractivity contribution in [3.8, 4) is 0 Å². The molecule has 9 aromatic rings. The lowest BCUT2D eigenvalue weighted by Crippen LogP contribution is -2.81. The molecule has 0 bridgehead atoms. The molecule has 8 aromatic carbocycles. The Kier molecular flexibility index (Phi) is 13.8. The molecule has 74 heavy (non-hydrogen) atoms. The van der Waals surface area contributed by atoms with Gasteiger partial charge in [-0.2, -0.15) is 0 Å². The van der Waals surface area contributed by atoms with Gasteiger partial charge in [0.2, 0.25) is 0 Å². The van der Waals surface area contributed by atoms with E-state index in [9.17, 15) is 57.5 Å². The van der Waals surface area contributed by atoms with E-state index in [4.69, 9.17) is 0 Å². The fraction of sp³-hybridized carbons (Fsp3) is 0.0196. The van der Waals surface area contributed by atoms with Crippen LogP contribution in [0.1, 0.15) is 21.5 Å². The normalized spacial score (nSPS) is 11.6. The maximum absolute atomic E-state index is 15.4. The number of pyridine rings is 1. The summed E-state index contributed by atoms with van der Waals surface area (Å²) in [5, 5.41) is 4.17. The number of ketones is 1. The van der Waals surface area contributed by atoms with Crippen LogP contribution in [-0.4, -0.2) is 11.9 Å². The van der Waals surface area contributed by atoms with Gasteiger partial charge in [0.15, 0.2) is 94.5 Å². The molecule has 0 atom stereocenters. The third-order valence-corrected chi connectivity index (χ3v) is 12.1. The van der Waals surface area contributed by atoms with Gasteiger partial charge in [-0.05, 0) is 27.6 Å². The zero-order valence-corrected chi connectivity index (χ0v) is 36.1. The summed E-state index contributed by atoms with van der Waals surface area (Å²) >= 11 is 0. The number of aromatic nitrogens is 1. The van der Waals surface area contributed by atoms with Crippen LogP contribution in [-0.2, 0) is 6.54 Å². The first-order chi connectivity index (χ1) is 35.0. The molecule has 2 nitrogen and oxygen atoms in total. The number of carbonyl (C=O) groups excluding carboxylic acids is 1. The van der Waals surface area contributed by atoms with Gasteiger partial charge in [-0.15, -0.1) is 21.9 Å². The van der Waals surface area contributed by atoms with Crippen molar-refractivity contribution >= 4 is 55.3 Å². The molecule has 0 N–H and O–H groups in total. The maximum Gasteiger partial charge on any atom is 0.200 e. The molecule has 1 heterocycles. The fourth-order valence-corrected chi connectivity index (χ4v) is 8.79. The average molecular weight is 1050 g/mol. The molecule has 0 aliphatic rings. The van der Waals surface area contributed by atoms with Gasteiger partial charge in [-0.3, -0.25) is 4.79 Å². The van der Waals surface area contributed by atoms with Gasteiger partial charge in [0, 0.05) is 28.8 Å². The molecule has 0 spiro atoms. The van der Waals surface area contributed by atoms with E-state index in [1.165, 1.54) is 5.56 Å². The number of hydrogen-bond donors (Lipinski definition) is 0. The van der Waals surface area contributed by atoms with E-state index in [-0.39, 0.29) is 5.78 Å². The number of hydrogen-bond acceptors (Lipinski definition) is 1. The van der Waals surface area contributed by atoms with Gasteiger partial charge >= 0.3 is 0 Å². The van der Waals surface area contributed by atoms with E-state index in [2.05, 4.69) is 34.9 Å². The second-order valence-electron chi connectivity index (χ2n) is 16.1. The average Bonchev–Trinajstić information content (AvgIpc) is 3.40. The molecule has 1 aromatic heterocycles. The highest BCUT2D eigenvalue weighted by Gasteiger charge is 2.52. The van der Waals surface area contributed by atoms with Crippen molar-refractivity contribution in [3.05, 3.63) is 242 Å². The van der Waals surface area contributed by atoms with E-state index >= 15 is 35.1 Å². The highest BCUT2D eigenvalue weighted by Crippen LogP contribution is 2.33. The van der Waals surface area contributed by atoms with Crippen LogP contribution >= 0.6 is 0 Å². The molecule has 0 amide bonds. The van der Waals surface area contributed by atoms with Gasteiger partial charge in [-0.25, -0.2) is 92.4 Å². The number of nitrogens with zero attached hydrogens (tertiary/aromatic N) is 1. The van der Waals surface area contributed by atoms with Crippen LogP contribution in [0, 0.1) is 116 Å². The van der Waals surface area contributed by atoms with Crippen molar-refractivity contribution in [2.75, 3.05) is 0 Å². The van der Waals surface area contributed by atoms with Crippen LogP contribution < -0.4 is 26.4 Å². The highest BCUT2D eigenvalue weighted by molar-refractivity contribution is 7.20. The zero-order chi connectivity index (χ0) is 54.0. The molecule has 0 unspecified atom stereocenters. The Morgan fingerprint density at radius 3 is 0.919 bits per heavy atom. The van der Waals surface area contributed by atoms with E-state index < -0.39 is 144 Å². The number of benzene rings is 8. The number of rotatable bonds is 8. The Balaban J connectivity index is 0.000000215. The topological polar surface area (TPSA) is 20.9 Å². The summed E-state index contributed by atoms with van der Waals surface area (Å²) in [6.07, 6.45) is -3.26. The van der Waals surface area contributed by atoms with Crippen molar-refractivity contribution in [3.63, 3.8) is 0 Å². The molecule has 0 saturated heterocycles. The SMILES string of the molecule is Fc1c(F)c(F)c([B-](c2c(F)c(F)c(F)c(F)c2F)(c2c(F)c(F)c(F)c(F)c2F)c2c(F)c(F)c(F)c(F)c2F)c(F)c1F.O=C(c1cc[n+](Cc2ccccc2)cc1)c1c2ccccc2cc2ccccc12. The van der Waals surface area contributed by atoms with E-state index in [0.717, 1.165) is 33.7 Å². The highest BCUT2D eigenvalue weighted by atomic mass is 19.2. The Morgan fingerprint density at radius 2 is 0.608 bits per heavy atom. The molecule has 0 radical (unpaired) electrons. The summed E-state index contributed by atoms with van der Waals surface area (Å²) in [5.74, 6) is -71.3. The second kappa shape index (κ2) is 19.6. The zero-order valence-electron chi connectivity index (χ0n) is 36.1. The summed E-state index contributed by atoms with van der Waals surface area (Å²) in [4.78, 5) is 13.5. The summed E-state index contributed by atoms with van der Waals surface area (Å²) in [6.45, 7) is 0.784. The van der Waals surface area contributed by atoms with Crippen LogP contribution in [0.3, 0.4) is 0 Å². The monoisotopic (exact) mass is 1050 g/mol. The Labute approximate surface area is 400 Å². The molecular weight excluding hydrogens is 1030 g/mol. The minimum Gasteiger partial charge on any atom is -0.289 e. The van der Waals surface area contributed by atoms with Crippen molar-refractivity contribution in [1.29, 1.82) is 0 Å². The molecule has 9 rings (SSSR count). The third kappa shape index (κ3) is 8.13. The van der Waals surface area contributed by atoms with Crippen molar-refractivity contribution in [2.45, 2.75) is 6.54 Å². The van der Waals surface area contributed by atoms with E-state index in [1.54, 1.807) is 0 Å². The maximum atomic E-state index is 15.4. The van der Waals surface area contributed by atoms with Gasteiger partial charge in [-0.1, -0.05) is 78.9 Å². The number of carbonyl (C=O) groups is 1. The number of halogens is 20. The van der Waals surface area contributed by atoms with Gasteiger partial charge in [0.1, 0.15) is 52.7 Å². The largest absolute Gasteiger partial charge is 0.289 e. The Bertz CT molecular complexity index is 3340. The predicted molar refractivity (Wildman–Crippen MR) is 226 cm³/mol. The lowest BCUT2D eigenvalue weighted by Gasteiger charge is -2.44. The van der Waals surface area contributed by atoms with Crippen LogP contribution in [0.5, 0.6) is 0 Å². The summed E-state index contributed by atoms with van der Waals surface area (Å²) < 4.78 is 296. The van der Waals surface area contributed by atoms with Crippen LogP contribution in [0.15, 0.2) is 109 Å². The first kappa shape index (κ1) is 52.1. The molecule has 0 aliphatic carbocycles. The van der Waals surface area contributed by atoms with Gasteiger partial charge < -0.3 is 0 Å². The van der Waals surface area contributed by atoms with Crippen LogP contribution in [0.25, 0.3) is 21.5 Å². The van der Waals surface area contributed by atoms with E-state index in [0.29, 0.717) is 5.56 Å². The molecule has 0 fully saturated rings. The predicted octanol–water partition coefficient (Wildman–Crippen LogP) is 11.4. The smallest absolute Gasteiger partial charge is 0.200 e. The lowest BCUT2D eigenvalue weighted by molar-refractivity contribution is -0.688. The minimum atomic E-state index is -7.22. The molecule has 0 aliphatic heterocycles. The molecular formula is C51H20BF20NO. The second-order valence-corrected chi connectivity index (χ2v) is 16.1. The van der Waals surface area contributed by atoms with E-state index in [1.807, 2.05) is 79.1 Å². The Hall–Kier alpha value is -8.24. The van der Waals surface area contributed by atoms with Crippen LogP contribution in [0.4, 0.5) is 87.8 Å². The Morgan fingerprint density at radius 1 is 0.338 bits per heavy atom. The first-order valence-corrected chi connectivity index (χ1v) is 20.7. The molecule has 378 valence electrons. The van der Waals surface area contributed by atoms with Crippen molar-refractivity contribution < 1.29 is 97.2 Å². The first-order valence-electron chi connectivity index (χ1n) is 20.7.